The zero-order valence-electron chi connectivity index (χ0n) is 16.5. The molecule has 2 aromatic heterocycles. The first-order valence-corrected chi connectivity index (χ1v) is 9.49. The lowest BCUT2D eigenvalue weighted by Crippen LogP contribution is -2.16. The van der Waals surface area contributed by atoms with Crippen molar-refractivity contribution in [2.75, 3.05) is 5.43 Å². The molecule has 0 aliphatic rings. The molecule has 152 valence electrons. The molecule has 0 aliphatic carbocycles. The Hall–Kier alpha value is -4.58. The lowest BCUT2D eigenvalue weighted by molar-refractivity contribution is 0.513. The quantitative estimate of drug-likeness (QED) is 0.367. The molecule has 0 unspecified atom stereocenters. The van der Waals surface area contributed by atoms with Gasteiger partial charge in [-0.05, 0) is 17.7 Å². The van der Waals surface area contributed by atoms with E-state index in [0.29, 0.717) is 29.5 Å². The predicted molar refractivity (Wildman–Crippen MR) is 115 cm³/mol. The molecule has 31 heavy (non-hydrogen) atoms. The Morgan fingerprint density at radius 1 is 1.13 bits per heavy atom. The van der Waals surface area contributed by atoms with Crippen LogP contribution in [0.3, 0.4) is 0 Å². The van der Waals surface area contributed by atoms with E-state index in [1.165, 1.54) is 0 Å². The van der Waals surface area contributed by atoms with E-state index >= 15 is 0 Å². The van der Waals surface area contributed by atoms with Gasteiger partial charge in [0.1, 0.15) is 11.6 Å². The molecule has 0 atom stereocenters. The van der Waals surface area contributed by atoms with Crippen LogP contribution in [0.25, 0.3) is 22.7 Å². The van der Waals surface area contributed by atoms with E-state index < -0.39 is 5.56 Å². The van der Waals surface area contributed by atoms with Crippen molar-refractivity contribution >= 4 is 12.2 Å². The van der Waals surface area contributed by atoms with Crippen LogP contribution in [0.1, 0.15) is 23.9 Å². The second kappa shape index (κ2) is 8.84. The molecule has 0 saturated heterocycles. The van der Waals surface area contributed by atoms with Crippen molar-refractivity contribution in [3.63, 3.8) is 0 Å². The highest BCUT2D eigenvalue weighted by Gasteiger charge is 2.13. The molecule has 0 bridgehead atoms. The van der Waals surface area contributed by atoms with Crippen LogP contribution in [0.5, 0.6) is 0 Å². The summed E-state index contributed by atoms with van der Waals surface area (Å²) in [5, 5.41) is 21.4. The summed E-state index contributed by atoms with van der Waals surface area (Å²) in [6.07, 6.45) is 2.26. The summed E-state index contributed by atoms with van der Waals surface area (Å²) < 4.78 is 5.54. The summed E-state index contributed by atoms with van der Waals surface area (Å²) in [4.78, 5) is 19.1. The average Bonchev–Trinajstić information content (AvgIpc) is 3.29. The van der Waals surface area contributed by atoms with Gasteiger partial charge in [0.05, 0.1) is 11.9 Å². The number of anilines is 1. The summed E-state index contributed by atoms with van der Waals surface area (Å²) >= 11 is 0. The Morgan fingerprint density at radius 3 is 2.58 bits per heavy atom. The fourth-order valence-corrected chi connectivity index (χ4v) is 2.83. The Kier molecular flexibility index (Phi) is 5.62. The SMILES string of the molecule is CCc1nnc(-c2ccc(C=NNc3nc(-c4ccccc4)c(C#N)c(=O)[nH]3)cc2)o1. The number of nitrogens with zero attached hydrogens (tertiary/aromatic N) is 5. The molecule has 2 N–H and O–H groups in total. The van der Waals surface area contributed by atoms with Gasteiger partial charge in [-0.25, -0.2) is 10.4 Å². The maximum Gasteiger partial charge on any atom is 0.270 e. The van der Waals surface area contributed by atoms with E-state index in [2.05, 4.69) is 30.7 Å². The fourth-order valence-electron chi connectivity index (χ4n) is 2.83. The predicted octanol–water partition coefficient (Wildman–Crippen LogP) is 3.37. The van der Waals surface area contributed by atoms with Gasteiger partial charge in [0.25, 0.3) is 5.56 Å². The molecular formula is C22H17N7O2. The summed E-state index contributed by atoms with van der Waals surface area (Å²) in [7, 11) is 0. The lowest BCUT2D eigenvalue weighted by atomic mass is 10.1. The van der Waals surface area contributed by atoms with Gasteiger partial charge < -0.3 is 4.42 Å². The number of rotatable bonds is 6. The highest BCUT2D eigenvalue weighted by atomic mass is 16.4. The Labute approximate surface area is 177 Å². The Bertz CT molecular complexity index is 1320. The van der Waals surface area contributed by atoms with Gasteiger partial charge in [0.15, 0.2) is 0 Å². The molecule has 0 amide bonds. The number of aromatic amines is 1. The topological polar surface area (TPSA) is 133 Å². The van der Waals surface area contributed by atoms with Crippen LogP contribution in [0.4, 0.5) is 5.95 Å². The van der Waals surface area contributed by atoms with Crippen LogP contribution in [0, 0.1) is 11.3 Å². The number of H-pyrrole nitrogens is 1. The molecule has 9 nitrogen and oxygen atoms in total. The number of hydrogen-bond acceptors (Lipinski definition) is 8. The molecule has 4 aromatic rings. The molecule has 4 rings (SSSR count). The third-order valence-electron chi connectivity index (χ3n) is 4.39. The zero-order valence-corrected chi connectivity index (χ0v) is 16.5. The summed E-state index contributed by atoms with van der Waals surface area (Å²) in [5.74, 6) is 1.18. The number of nitriles is 1. The van der Waals surface area contributed by atoms with Crippen LogP contribution < -0.4 is 11.0 Å². The van der Waals surface area contributed by atoms with Crippen molar-refractivity contribution in [2.24, 2.45) is 5.10 Å². The van der Waals surface area contributed by atoms with Gasteiger partial charge in [-0.2, -0.15) is 10.4 Å². The van der Waals surface area contributed by atoms with Crippen molar-refractivity contribution in [2.45, 2.75) is 13.3 Å². The zero-order chi connectivity index (χ0) is 21.6. The smallest absolute Gasteiger partial charge is 0.270 e. The average molecular weight is 411 g/mol. The normalized spacial score (nSPS) is 10.8. The van der Waals surface area contributed by atoms with Crippen LogP contribution >= 0.6 is 0 Å². The number of aromatic nitrogens is 4. The third kappa shape index (κ3) is 4.38. The van der Waals surface area contributed by atoms with Crippen molar-refractivity contribution in [1.29, 1.82) is 5.26 Å². The second-order valence-corrected chi connectivity index (χ2v) is 6.46. The molecular weight excluding hydrogens is 394 g/mol. The first kappa shape index (κ1) is 19.7. The number of benzene rings is 2. The number of hydrogen-bond donors (Lipinski definition) is 2. The van der Waals surface area contributed by atoms with Gasteiger partial charge >= 0.3 is 0 Å². The third-order valence-corrected chi connectivity index (χ3v) is 4.39. The first-order valence-electron chi connectivity index (χ1n) is 9.49. The maximum absolute atomic E-state index is 12.3. The fraction of sp³-hybridized carbons (Fsp3) is 0.0909. The Balaban J connectivity index is 1.52. The number of nitrogens with one attached hydrogen (secondary N) is 2. The van der Waals surface area contributed by atoms with E-state index in [4.69, 9.17) is 4.42 Å². The van der Waals surface area contributed by atoms with Gasteiger partial charge in [-0.15, -0.1) is 10.2 Å². The van der Waals surface area contributed by atoms with E-state index in [0.717, 1.165) is 11.1 Å². The maximum atomic E-state index is 12.3. The molecule has 0 saturated carbocycles. The first-order chi connectivity index (χ1) is 15.2. The van der Waals surface area contributed by atoms with E-state index in [1.807, 2.05) is 55.5 Å². The van der Waals surface area contributed by atoms with Crippen LogP contribution in [0.15, 0.2) is 68.9 Å². The van der Waals surface area contributed by atoms with Gasteiger partial charge in [-0.1, -0.05) is 49.4 Å². The Morgan fingerprint density at radius 2 is 1.90 bits per heavy atom. The van der Waals surface area contributed by atoms with E-state index in [9.17, 15) is 10.1 Å². The van der Waals surface area contributed by atoms with Crippen molar-refractivity contribution in [3.8, 4) is 28.8 Å². The van der Waals surface area contributed by atoms with Crippen molar-refractivity contribution < 1.29 is 4.42 Å². The monoisotopic (exact) mass is 411 g/mol. The molecule has 2 heterocycles. The highest BCUT2D eigenvalue weighted by Crippen LogP contribution is 2.20. The van der Waals surface area contributed by atoms with Crippen molar-refractivity contribution in [3.05, 3.63) is 82.0 Å². The minimum atomic E-state index is -0.538. The number of aryl methyl sites for hydroxylation is 1. The minimum absolute atomic E-state index is 0.0522. The summed E-state index contributed by atoms with van der Waals surface area (Å²) in [6.45, 7) is 1.95. The molecule has 0 aliphatic heterocycles. The molecule has 9 heteroatoms. The molecule has 2 aromatic carbocycles. The van der Waals surface area contributed by atoms with E-state index in [1.54, 1.807) is 18.3 Å². The largest absolute Gasteiger partial charge is 0.421 e. The molecule has 0 fully saturated rings. The standard InChI is InChI=1S/C22H17N7O2/c1-2-18-27-28-21(31-18)16-10-8-14(9-11-16)13-24-29-22-25-19(15-6-4-3-5-7-15)17(12-23)20(30)26-22/h3-11,13H,2H2,1H3,(H2,25,26,29,30). The van der Waals surface area contributed by atoms with Gasteiger partial charge in [0.2, 0.25) is 17.7 Å². The molecule has 0 spiro atoms. The number of hydrazone groups is 1. The van der Waals surface area contributed by atoms with Gasteiger partial charge in [-0.3, -0.25) is 9.78 Å². The summed E-state index contributed by atoms with van der Waals surface area (Å²) in [6, 6.07) is 18.3. The van der Waals surface area contributed by atoms with Crippen LogP contribution in [-0.2, 0) is 6.42 Å². The van der Waals surface area contributed by atoms with Crippen LogP contribution in [0.2, 0.25) is 0 Å². The van der Waals surface area contributed by atoms with Crippen LogP contribution in [-0.4, -0.2) is 26.4 Å². The summed E-state index contributed by atoms with van der Waals surface area (Å²) in [5.41, 5.74) is 4.69. The van der Waals surface area contributed by atoms with E-state index in [-0.39, 0.29) is 11.5 Å². The minimum Gasteiger partial charge on any atom is -0.421 e. The lowest BCUT2D eigenvalue weighted by Gasteiger charge is -2.05. The second-order valence-electron chi connectivity index (χ2n) is 6.46. The van der Waals surface area contributed by atoms with Gasteiger partial charge in [0, 0.05) is 17.5 Å². The molecule has 0 radical (unpaired) electrons. The van der Waals surface area contributed by atoms with Crippen molar-refractivity contribution in [1.82, 2.24) is 20.2 Å². The highest BCUT2D eigenvalue weighted by molar-refractivity contribution is 5.81.